The minimum absolute atomic E-state index is 0.0451. The summed E-state index contributed by atoms with van der Waals surface area (Å²) in [7, 11) is 0. The monoisotopic (exact) mass is 229 g/mol. The molecule has 1 aromatic rings. The van der Waals surface area contributed by atoms with E-state index in [1.807, 2.05) is 19.9 Å². The molecule has 0 N–H and O–H groups in total. The largest absolute Gasteiger partial charge is 0.293 e. The number of nitriles is 1. The Bertz CT molecular complexity index is 464. The van der Waals surface area contributed by atoms with Gasteiger partial charge in [0.05, 0.1) is 12.5 Å². The summed E-state index contributed by atoms with van der Waals surface area (Å²) in [4.78, 5) is 11.8. The maximum absolute atomic E-state index is 11.8. The van der Waals surface area contributed by atoms with Gasteiger partial charge in [-0.25, -0.2) is 0 Å². The fourth-order valence-corrected chi connectivity index (χ4v) is 2.00. The molecule has 1 rings (SSSR count). The van der Waals surface area contributed by atoms with Crippen molar-refractivity contribution >= 4 is 5.78 Å². The molecule has 0 heterocycles. The van der Waals surface area contributed by atoms with Crippen molar-refractivity contribution in [2.45, 2.75) is 46.5 Å². The second kappa shape index (κ2) is 4.71. The average molecular weight is 229 g/mol. The van der Waals surface area contributed by atoms with E-state index in [-0.39, 0.29) is 17.6 Å². The molecule has 0 spiro atoms. The summed E-state index contributed by atoms with van der Waals surface area (Å²) in [6, 6.07) is 6.02. The summed E-state index contributed by atoms with van der Waals surface area (Å²) in [5.74, 6) is -0.0806. The quantitative estimate of drug-likeness (QED) is 0.725. The highest BCUT2D eigenvalue weighted by molar-refractivity contribution is 6.00. The van der Waals surface area contributed by atoms with Gasteiger partial charge in [0.1, 0.15) is 0 Å². The fraction of sp³-hybridized carbons (Fsp3) is 0.467. The normalized spacial score (nSPS) is 11.1. The third-order valence-corrected chi connectivity index (χ3v) is 2.92. The molecular formula is C15H19NO. The Morgan fingerprint density at radius 1 is 1.24 bits per heavy atom. The highest BCUT2D eigenvalue weighted by Gasteiger charge is 2.18. The highest BCUT2D eigenvalue weighted by Crippen LogP contribution is 2.27. The van der Waals surface area contributed by atoms with Crippen LogP contribution in [0.3, 0.4) is 0 Å². The summed E-state index contributed by atoms with van der Waals surface area (Å²) >= 11 is 0. The number of carbonyl (C=O) groups is 1. The van der Waals surface area contributed by atoms with Gasteiger partial charge < -0.3 is 0 Å². The van der Waals surface area contributed by atoms with E-state index in [2.05, 4.69) is 32.9 Å². The Labute approximate surface area is 103 Å². The smallest absolute Gasteiger partial charge is 0.177 e. The Morgan fingerprint density at radius 3 is 2.06 bits per heavy atom. The lowest BCUT2D eigenvalue weighted by molar-refractivity contribution is 0.0996. The maximum atomic E-state index is 11.8. The maximum Gasteiger partial charge on any atom is 0.177 e. The van der Waals surface area contributed by atoms with Gasteiger partial charge >= 0.3 is 0 Å². The van der Waals surface area contributed by atoms with Gasteiger partial charge in [-0.05, 0) is 36.0 Å². The molecule has 0 saturated heterocycles. The molecule has 0 saturated carbocycles. The zero-order valence-electron chi connectivity index (χ0n) is 11.2. The SMILES string of the molecule is Cc1cc(C(C)(C)C)cc(C)c1C(=O)CC#N. The van der Waals surface area contributed by atoms with Crippen LogP contribution in [0.15, 0.2) is 12.1 Å². The van der Waals surface area contributed by atoms with Crippen molar-refractivity contribution in [3.8, 4) is 6.07 Å². The van der Waals surface area contributed by atoms with E-state index < -0.39 is 0 Å². The number of benzene rings is 1. The number of aryl methyl sites for hydroxylation is 2. The molecular weight excluding hydrogens is 210 g/mol. The molecule has 1 aromatic carbocycles. The first kappa shape index (κ1) is 13.4. The van der Waals surface area contributed by atoms with E-state index in [1.54, 1.807) is 0 Å². The standard InChI is InChI=1S/C15H19NO/c1-10-8-12(15(3,4)5)9-11(2)14(10)13(17)6-7-16/h8-9H,6H2,1-5H3. The van der Waals surface area contributed by atoms with Crippen LogP contribution in [0.5, 0.6) is 0 Å². The lowest BCUT2D eigenvalue weighted by Crippen LogP contribution is -2.14. The molecule has 0 unspecified atom stereocenters. The molecule has 0 aliphatic carbocycles. The third-order valence-electron chi connectivity index (χ3n) is 2.92. The van der Waals surface area contributed by atoms with Crippen LogP contribution in [0, 0.1) is 25.2 Å². The Hall–Kier alpha value is -1.62. The van der Waals surface area contributed by atoms with Crippen molar-refractivity contribution in [3.05, 3.63) is 34.4 Å². The zero-order chi connectivity index (χ0) is 13.2. The van der Waals surface area contributed by atoms with Crippen LogP contribution in [-0.4, -0.2) is 5.78 Å². The molecule has 2 nitrogen and oxygen atoms in total. The van der Waals surface area contributed by atoms with Crippen molar-refractivity contribution in [3.63, 3.8) is 0 Å². The van der Waals surface area contributed by atoms with Crippen LogP contribution in [0.1, 0.15) is 54.2 Å². The second-order valence-electron chi connectivity index (χ2n) is 5.49. The number of rotatable bonds is 2. The van der Waals surface area contributed by atoms with Gasteiger partial charge in [-0.1, -0.05) is 32.9 Å². The lowest BCUT2D eigenvalue weighted by atomic mass is 9.83. The van der Waals surface area contributed by atoms with Crippen LogP contribution < -0.4 is 0 Å². The molecule has 0 aromatic heterocycles. The first-order valence-electron chi connectivity index (χ1n) is 5.79. The summed E-state index contributed by atoms with van der Waals surface area (Å²) in [6.45, 7) is 10.3. The van der Waals surface area contributed by atoms with Gasteiger partial charge in [-0.2, -0.15) is 5.26 Å². The van der Waals surface area contributed by atoms with Crippen molar-refractivity contribution in [2.24, 2.45) is 0 Å². The van der Waals surface area contributed by atoms with Gasteiger partial charge in [0.25, 0.3) is 0 Å². The molecule has 0 atom stereocenters. The van der Waals surface area contributed by atoms with E-state index in [1.165, 1.54) is 5.56 Å². The lowest BCUT2D eigenvalue weighted by Gasteiger charge is -2.21. The third kappa shape index (κ3) is 2.94. The van der Waals surface area contributed by atoms with E-state index in [4.69, 9.17) is 5.26 Å². The minimum Gasteiger partial charge on any atom is -0.293 e. The predicted molar refractivity (Wildman–Crippen MR) is 69.2 cm³/mol. The molecule has 0 bridgehead atoms. The number of Topliss-reactive ketones (excluding diaryl/α,β-unsaturated/α-hetero) is 1. The van der Waals surface area contributed by atoms with Crippen molar-refractivity contribution < 1.29 is 4.79 Å². The first-order valence-corrected chi connectivity index (χ1v) is 5.79. The predicted octanol–water partition coefficient (Wildman–Crippen LogP) is 3.70. The fourth-order valence-electron chi connectivity index (χ4n) is 2.00. The van der Waals surface area contributed by atoms with Gasteiger partial charge in [0.2, 0.25) is 0 Å². The summed E-state index contributed by atoms with van der Waals surface area (Å²) in [6.07, 6.45) is -0.0451. The Morgan fingerprint density at radius 2 is 1.71 bits per heavy atom. The Balaban J connectivity index is 3.30. The summed E-state index contributed by atoms with van der Waals surface area (Å²) < 4.78 is 0. The number of ketones is 1. The van der Waals surface area contributed by atoms with Crippen molar-refractivity contribution in [2.75, 3.05) is 0 Å². The molecule has 17 heavy (non-hydrogen) atoms. The van der Waals surface area contributed by atoms with E-state index in [0.717, 1.165) is 11.1 Å². The topological polar surface area (TPSA) is 40.9 Å². The van der Waals surface area contributed by atoms with Crippen molar-refractivity contribution in [1.29, 1.82) is 5.26 Å². The van der Waals surface area contributed by atoms with Gasteiger partial charge in [-0.15, -0.1) is 0 Å². The van der Waals surface area contributed by atoms with Gasteiger partial charge in [-0.3, -0.25) is 4.79 Å². The number of hydrogen-bond acceptors (Lipinski definition) is 2. The van der Waals surface area contributed by atoms with E-state index in [9.17, 15) is 4.79 Å². The average Bonchev–Trinajstić information content (AvgIpc) is 2.15. The van der Waals surface area contributed by atoms with E-state index in [0.29, 0.717) is 5.56 Å². The molecule has 0 aliphatic rings. The highest BCUT2D eigenvalue weighted by atomic mass is 16.1. The summed E-state index contributed by atoms with van der Waals surface area (Å²) in [5.41, 5.74) is 3.94. The van der Waals surface area contributed by atoms with Crippen LogP contribution in [0.2, 0.25) is 0 Å². The van der Waals surface area contributed by atoms with Gasteiger partial charge in [0.15, 0.2) is 5.78 Å². The van der Waals surface area contributed by atoms with Crippen LogP contribution in [0.4, 0.5) is 0 Å². The first-order chi connectivity index (χ1) is 7.77. The molecule has 0 radical (unpaired) electrons. The number of carbonyl (C=O) groups excluding carboxylic acids is 1. The molecule has 0 fully saturated rings. The molecule has 0 aliphatic heterocycles. The summed E-state index contributed by atoms with van der Waals surface area (Å²) in [5, 5.41) is 8.59. The Kier molecular flexibility index (Phi) is 3.72. The number of hydrogen-bond donors (Lipinski definition) is 0. The second-order valence-corrected chi connectivity index (χ2v) is 5.49. The van der Waals surface area contributed by atoms with Crippen LogP contribution in [0.25, 0.3) is 0 Å². The van der Waals surface area contributed by atoms with Crippen molar-refractivity contribution in [1.82, 2.24) is 0 Å². The molecule has 2 heteroatoms. The molecule has 90 valence electrons. The van der Waals surface area contributed by atoms with Crippen LogP contribution >= 0.6 is 0 Å². The minimum atomic E-state index is -0.0806. The number of nitrogens with zero attached hydrogens (tertiary/aromatic N) is 1. The van der Waals surface area contributed by atoms with E-state index >= 15 is 0 Å². The van der Waals surface area contributed by atoms with Crippen LogP contribution in [-0.2, 0) is 5.41 Å². The van der Waals surface area contributed by atoms with Gasteiger partial charge in [0, 0.05) is 5.56 Å². The zero-order valence-corrected chi connectivity index (χ0v) is 11.2. The molecule has 0 amide bonds.